The third kappa shape index (κ3) is 5.31. The number of hydrogen-bond acceptors (Lipinski definition) is 8. The molecule has 0 aromatic carbocycles. The Bertz CT molecular complexity index is 1090. The molecular weight excluding hydrogens is 663 g/mol. The maximum atomic E-state index is 11.9. The van der Waals surface area contributed by atoms with Crippen LogP contribution in [-0.2, 0) is 9.47 Å². The van der Waals surface area contributed by atoms with Gasteiger partial charge in [-0.25, -0.2) is 0 Å². The van der Waals surface area contributed by atoms with Crippen molar-refractivity contribution < 1.29 is 40.1 Å². The Morgan fingerprint density at radius 2 is 1.67 bits per heavy atom. The van der Waals surface area contributed by atoms with E-state index in [4.69, 9.17) is 9.47 Å². The van der Waals surface area contributed by atoms with Crippen molar-refractivity contribution in [3.05, 3.63) is 11.1 Å². The van der Waals surface area contributed by atoms with E-state index in [-0.39, 0.29) is 32.4 Å². The zero-order chi connectivity index (χ0) is 31.3. The predicted molar refractivity (Wildman–Crippen MR) is 173 cm³/mol. The molecule has 0 bridgehead atoms. The van der Waals surface area contributed by atoms with Crippen molar-refractivity contribution in [1.82, 2.24) is 0 Å². The van der Waals surface area contributed by atoms with Crippen LogP contribution in [0.25, 0.3) is 0 Å². The van der Waals surface area contributed by atoms with Crippen LogP contribution < -0.4 is 0 Å². The second-order valence-corrected chi connectivity index (χ2v) is 23.5. The van der Waals surface area contributed by atoms with Crippen LogP contribution in [0.1, 0.15) is 99.3 Å². The van der Waals surface area contributed by atoms with E-state index in [9.17, 15) is 30.6 Å². The van der Waals surface area contributed by atoms with Crippen molar-refractivity contribution in [3.63, 3.8) is 0 Å². The average Bonchev–Trinajstić information content (AvgIpc) is 3.44. The summed E-state index contributed by atoms with van der Waals surface area (Å²) in [5.41, 5.74) is 2.09. The molecule has 0 aromatic rings. The second-order valence-electron chi connectivity index (χ2n) is 16.3. The summed E-state index contributed by atoms with van der Waals surface area (Å²) in [7, 11) is 0. The van der Waals surface area contributed by atoms with Gasteiger partial charge in [0, 0.05) is 0 Å². The number of rotatable bonds is 7. The number of aliphatic hydroxyl groups is 6. The zero-order valence-electron chi connectivity index (χ0n) is 27.0. The summed E-state index contributed by atoms with van der Waals surface area (Å²) in [4.78, 5) is 0. The van der Waals surface area contributed by atoms with Crippen molar-refractivity contribution in [2.24, 2.45) is 28.6 Å². The molecule has 9 heteroatoms. The molecule has 6 N–H and O–H groups in total. The maximum absolute atomic E-state index is 11.9. The molecule has 3 saturated heterocycles. The Hall–Kier alpha value is 0.150. The Morgan fingerprint density at radius 1 is 0.977 bits per heavy atom. The normalized spacial score (nSPS) is 51.3. The molecule has 6 aliphatic rings. The Balaban J connectivity index is 1.19. The van der Waals surface area contributed by atoms with Gasteiger partial charge in [0.2, 0.25) is 0 Å². The summed E-state index contributed by atoms with van der Waals surface area (Å²) in [6.07, 6.45) is 1.89. The predicted octanol–water partition coefficient (Wildman–Crippen LogP) is 3.69. The number of allylic oxidation sites excluding steroid dienone is 2. The van der Waals surface area contributed by atoms with E-state index in [2.05, 4.69) is 34.6 Å². The van der Waals surface area contributed by atoms with Crippen LogP contribution in [0.3, 0.4) is 0 Å². The van der Waals surface area contributed by atoms with E-state index in [1.807, 2.05) is 6.92 Å². The van der Waals surface area contributed by atoms with Crippen molar-refractivity contribution in [1.29, 1.82) is 0 Å². The van der Waals surface area contributed by atoms with Crippen LogP contribution in [0.5, 0.6) is 0 Å². The first-order valence-electron chi connectivity index (χ1n) is 16.7. The Morgan fingerprint density at radius 3 is 2.33 bits per heavy atom. The first-order chi connectivity index (χ1) is 20.1. The molecule has 0 radical (unpaired) electrons. The number of alkyl halides is 3. The fourth-order valence-electron chi connectivity index (χ4n) is 10.7. The van der Waals surface area contributed by atoms with Gasteiger partial charge < -0.3 is 0 Å². The summed E-state index contributed by atoms with van der Waals surface area (Å²) in [6, 6.07) is 0. The molecule has 6 rings (SSSR count). The summed E-state index contributed by atoms with van der Waals surface area (Å²) < 4.78 is 14.0. The van der Waals surface area contributed by atoms with Gasteiger partial charge >= 0.3 is 266 Å². The van der Waals surface area contributed by atoms with Crippen molar-refractivity contribution in [2.45, 2.75) is 155 Å². The van der Waals surface area contributed by atoms with Gasteiger partial charge in [-0.2, -0.15) is 0 Å². The Labute approximate surface area is 265 Å². The van der Waals surface area contributed by atoms with E-state index in [0.717, 1.165) is 57.8 Å². The minimum absolute atomic E-state index is 0.0474. The van der Waals surface area contributed by atoms with E-state index in [0.29, 0.717) is 15.8 Å². The summed E-state index contributed by atoms with van der Waals surface area (Å²) in [5, 5.41) is 64.6. The molecule has 0 aromatic heterocycles. The SMILES string of the molecule is CC1=C(CC[C@](C)(O)C2CCI3C2C(O)CC2C4(C)CCC(OC5OC(CO)C(O)C(O)C5O)C(C)(C)C4CCC23C)C1. The molecule has 2 saturated carbocycles. The van der Waals surface area contributed by atoms with E-state index in [1.165, 1.54) is 15.6 Å². The topological polar surface area (TPSA) is 140 Å². The van der Waals surface area contributed by atoms with Crippen LogP contribution in [0.15, 0.2) is 11.1 Å². The van der Waals surface area contributed by atoms with Crippen LogP contribution in [0.4, 0.5) is 0 Å². The third-order valence-electron chi connectivity index (χ3n) is 13.5. The van der Waals surface area contributed by atoms with Crippen LogP contribution in [-0.4, -0.2) is 97.5 Å². The van der Waals surface area contributed by atoms with Gasteiger partial charge in [0.15, 0.2) is 0 Å². The molecule has 8 nitrogen and oxygen atoms in total. The van der Waals surface area contributed by atoms with Crippen LogP contribution in [0.2, 0.25) is 0 Å². The number of fused-ring (bicyclic) bond motifs is 5. The van der Waals surface area contributed by atoms with Crippen LogP contribution >= 0.6 is 19.8 Å². The monoisotopic (exact) mass is 720 g/mol. The molecule has 5 fully saturated rings. The molecule has 248 valence electrons. The molecule has 3 aliphatic heterocycles. The number of halogens is 1. The zero-order valence-corrected chi connectivity index (χ0v) is 29.2. The number of hydrogen-bond donors (Lipinski definition) is 6. The molecule has 0 spiro atoms. The number of ether oxygens (including phenoxy) is 2. The molecule has 14 atom stereocenters. The molecular formula is C34H57IO8. The summed E-state index contributed by atoms with van der Waals surface area (Å²) >= 11 is -1.65. The van der Waals surface area contributed by atoms with Crippen LogP contribution in [0, 0.1) is 28.6 Å². The average molecular weight is 721 g/mol. The van der Waals surface area contributed by atoms with Crippen molar-refractivity contribution >= 4 is 19.8 Å². The fraction of sp³-hybridized carbons (Fsp3) is 0.941. The number of aliphatic hydroxyl groups excluding tert-OH is 5. The molecule has 0 amide bonds. The quantitative estimate of drug-likeness (QED) is 0.101. The summed E-state index contributed by atoms with van der Waals surface area (Å²) in [6.45, 7) is 13.3. The van der Waals surface area contributed by atoms with Gasteiger partial charge in [-0.15, -0.1) is 0 Å². The first-order valence-corrected chi connectivity index (χ1v) is 20.6. The van der Waals surface area contributed by atoms with Gasteiger partial charge in [0.25, 0.3) is 0 Å². The van der Waals surface area contributed by atoms with Gasteiger partial charge in [0.05, 0.1) is 0 Å². The second kappa shape index (κ2) is 11.4. The molecule has 3 aliphatic carbocycles. The van der Waals surface area contributed by atoms with Gasteiger partial charge in [0.1, 0.15) is 0 Å². The third-order valence-corrected chi connectivity index (χ3v) is 23.1. The van der Waals surface area contributed by atoms with E-state index < -0.39 is 62.7 Å². The van der Waals surface area contributed by atoms with Gasteiger partial charge in [-0.05, 0) is 0 Å². The summed E-state index contributed by atoms with van der Waals surface area (Å²) in [5.74, 6) is 0.998. The van der Waals surface area contributed by atoms with Crippen molar-refractivity contribution in [3.8, 4) is 0 Å². The molecule has 3 heterocycles. The molecule has 43 heavy (non-hydrogen) atoms. The Kier molecular flexibility index (Phi) is 8.76. The first kappa shape index (κ1) is 33.1. The van der Waals surface area contributed by atoms with E-state index >= 15 is 0 Å². The molecule has 13 unspecified atom stereocenters. The minimum atomic E-state index is -1.65. The van der Waals surface area contributed by atoms with E-state index in [1.54, 1.807) is 0 Å². The fourth-order valence-corrected chi connectivity index (χ4v) is 22.1. The standard InChI is InChI=1S/C34H57IO8/c1-18-15-19(18)7-13-34(6,41)20-10-14-35-26(20)21(37)16-24-32(4)11-9-25(31(2,3)23(32)8-12-33(24,35)5)43-30-29(40)28(39)27(38)22(17-36)42-30/h20-30,36-41H,7-17H2,1-6H3/t20?,21?,22?,23?,24?,25?,26?,27?,28?,29?,30?,32?,33?,34-/m0/s1. The van der Waals surface area contributed by atoms with Crippen molar-refractivity contribution in [2.75, 3.05) is 11.0 Å². The van der Waals surface area contributed by atoms with Gasteiger partial charge in [-0.3, -0.25) is 0 Å². The van der Waals surface area contributed by atoms with Gasteiger partial charge in [-0.1, -0.05) is 0 Å².